The number of benzene rings is 2. The maximum atomic E-state index is 12.8. The number of amides is 3. The lowest BCUT2D eigenvalue weighted by atomic mass is 9.78. The van der Waals surface area contributed by atoms with Crippen molar-refractivity contribution in [3.8, 4) is 0 Å². The first kappa shape index (κ1) is 26.5. The lowest BCUT2D eigenvalue weighted by Crippen LogP contribution is -2.47. The van der Waals surface area contributed by atoms with E-state index in [0.29, 0.717) is 31.1 Å². The summed E-state index contributed by atoms with van der Waals surface area (Å²) in [6.07, 6.45) is 4.16. The van der Waals surface area contributed by atoms with Gasteiger partial charge in [0.25, 0.3) is 5.91 Å². The van der Waals surface area contributed by atoms with Gasteiger partial charge in [0.15, 0.2) is 0 Å². The smallest absolute Gasteiger partial charge is 0.410 e. The first-order valence-electron chi connectivity index (χ1n) is 14.4. The number of fused-ring (bicyclic) bond motifs is 3. The summed E-state index contributed by atoms with van der Waals surface area (Å²) in [4.78, 5) is 45.4. The highest BCUT2D eigenvalue weighted by Crippen LogP contribution is 2.43. The standard InChI is InChI=1S/C31H39N5O4/c1-30(2,3)40-29(39)35-15-9-19(10-16-35)20-5-7-23-22(17-20)25-24(8-6-21(27(32)37)26(25)34-23)36-14-4-11-31(18-36)12-13-33-28(31)38/h5-8,17,19,34H,4,9-16,18H2,1-3H3,(H2,32,37)(H,33,38). The normalized spacial score (nSPS) is 22.3. The molecule has 0 bridgehead atoms. The molecule has 3 aliphatic rings. The van der Waals surface area contributed by atoms with Crippen molar-refractivity contribution < 1.29 is 19.1 Å². The molecule has 212 valence electrons. The number of ether oxygens (including phenoxy) is 1. The lowest BCUT2D eigenvalue weighted by Gasteiger charge is -2.40. The van der Waals surface area contributed by atoms with E-state index in [1.54, 1.807) is 11.0 Å². The first-order valence-corrected chi connectivity index (χ1v) is 14.4. The summed E-state index contributed by atoms with van der Waals surface area (Å²) in [5.74, 6) is 0.000479. The molecule has 1 unspecified atom stereocenters. The molecule has 0 saturated carbocycles. The fraction of sp³-hybridized carbons (Fsp3) is 0.516. The zero-order chi connectivity index (χ0) is 28.2. The number of aromatic amines is 1. The van der Waals surface area contributed by atoms with Crippen LogP contribution in [0.15, 0.2) is 30.3 Å². The summed E-state index contributed by atoms with van der Waals surface area (Å²) in [6.45, 7) is 9.22. The van der Waals surface area contributed by atoms with Gasteiger partial charge < -0.3 is 30.6 Å². The van der Waals surface area contributed by atoms with Crippen molar-refractivity contribution in [3.05, 3.63) is 41.5 Å². The molecule has 1 atom stereocenters. The van der Waals surface area contributed by atoms with E-state index in [0.717, 1.165) is 72.7 Å². The summed E-state index contributed by atoms with van der Waals surface area (Å²) >= 11 is 0. The molecular formula is C31H39N5O4. The van der Waals surface area contributed by atoms with Gasteiger partial charge in [-0.1, -0.05) is 6.07 Å². The Balaban J connectivity index is 1.35. The number of rotatable bonds is 3. The maximum Gasteiger partial charge on any atom is 0.410 e. The molecule has 3 aliphatic heterocycles. The van der Waals surface area contributed by atoms with Crippen LogP contribution in [-0.2, 0) is 9.53 Å². The third-order valence-corrected chi connectivity index (χ3v) is 8.93. The summed E-state index contributed by atoms with van der Waals surface area (Å²) in [5, 5.41) is 5.07. The van der Waals surface area contributed by atoms with E-state index < -0.39 is 11.5 Å². The fourth-order valence-corrected chi connectivity index (χ4v) is 6.89. The highest BCUT2D eigenvalue weighted by atomic mass is 16.6. The van der Waals surface area contributed by atoms with Gasteiger partial charge in [0.2, 0.25) is 5.91 Å². The Morgan fingerprint density at radius 3 is 2.52 bits per heavy atom. The second kappa shape index (κ2) is 9.71. The Morgan fingerprint density at radius 1 is 1.07 bits per heavy atom. The van der Waals surface area contributed by atoms with Crippen LogP contribution >= 0.6 is 0 Å². The van der Waals surface area contributed by atoms with E-state index in [2.05, 4.69) is 33.4 Å². The molecule has 40 heavy (non-hydrogen) atoms. The molecule has 0 radical (unpaired) electrons. The SMILES string of the molecule is CC(C)(C)OC(=O)N1CCC(c2ccc3[nH]c4c(C(N)=O)ccc(N5CCCC6(CCNC6=O)C5)c4c3c2)CC1. The minimum Gasteiger partial charge on any atom is -0.444 e. The first-order chi connectivity index (χ1) is 19.0. The van der Waals surface area contributed by atoms with E-state index in [1.807, 2.05) is 26.8 Å². The molecule has 3 fully saturated rings. The third kappa shape index (κ3) is 4.65. The topological polar surface area (TPSA) is 121 Å². The summed E-state index contributed by atoms with van der Waals surface area (Å²) < 4.78 is 5.57. The molecule has 2 aromatic carbocycles. The predicted octanol–water partition coefficient (Wildman–Crippen LogP) is 4.64. The van der Waals surface area contributed by atoms with Crippen LogP contribution in [0.5, 0.6) is 0 Å². The van der Waals surface area contributed by atoms with Crippen molar-refractivity contribution in [2.45, 2.75) is 64.4 Å². The zero-order valence-corrected chi connectivity index (χ0v) is 23.6. The van der Waals surface area contributed by atoms with Gasteiger partial charge in [0.1, 0.15) is 5.60 Å². The number of nitrogens with two attached hydrogens (primary N) is 1. The van der Waals surface area contributed by atoms with Crippen molar-refractivity contribution >= 4 is 45.4 Å². The number of likely N-dealkylation sites (tertiary alicyclic amines) is 1. The van der Waals surface area contributed by atoms with Gasteiger partial charge in [-0.25, -0.2) is 4.79 Å². The molecule has 9 heteroatoms. The monoisotopic (exact) mass is 545 g/mol. The van der Waals surface area contributed by atoms with E-state index in [1.165, 1.54) is 5.56 Å². The zero-order valence-electron chi connectivity index (χ0n) is 23.6. The second-order valence-electron chi connectivity index (χ2n) is 12.7. The Bertz CT molecular complexity index is 1500. The van der Waals surface area contributed by atoms with Crippen LogP contribution in [0, 0.1) is 5.41 Å². The average Bonchev–Trinajstić information content (AvgIpc) is 3.47. The van der Waals surface area contributed by atoms with E-state index >= 15 is 0 Å². The molecule has 3 saturated heterocycles. The van der Waals surface area contributed by atoms with E-state index in [-0.39, 0.29) is 17.4 Å². The maximum absolute atomic E-state index is 12.8. The van der Waals surface area contributed by atoms with E-state index in [9.17, 15) is 14.4 Å². The average molecular weight is 546 g/mol. The van der Waals surface area contributed by atoms with Gasteiger partial charge in [-0.2, -0.15) is 0 Å². The predicted molar refractivity (Wildman–Crippen MR) is 156 cm³/mol. The molecular weight excluding hydrogens is 506 g/mol. The Kier molecular flexibility index (Phi) is 6.43. The number of anilines is 1. The highest BCUT2D eigenvalue weighted by molar-refractivity contribution is 6.19. The number of hydrogen-bond donors (Lipinski definition) is 3. The van der Waals surface area contributed by atoms with Crippen LogP contribution in [0.1, 0.15) is 74.7 Å². The quantitative estimate of drug-likeness (QED) is 0.443. The fourth-order valence-electron chi connectivity index (χ4n) is 6.89. The Hall–Kier alpha value is -3.75. The molecule has 4 N–H and O–H groups in total. The van der Waals surface area contributed by atoms with Gasteiger partial charge in [-0.15, -0.1) is 0 Å². The molecule has 0 aliphatic carbocycles. The van der Waals surface area contributed by atoms with Crippen LogP contribution in [-0.4, -0.2) is 66.1 Å². The highest BCUT2D eigenvalue weighted by Gasteiger charge is 2.45. The molecule has 1 aromatic heterocycles. The van der Waals surface area contributed by atoms with Crippen LogP contribution < -0.4 is 16.0 Å². The van der Waals surface area contributed by atoms with Crippen molar-refractivity contribution in [2.75, 3.05) is 37.6 Å². The molecule has 3 aromatic rings. The molecule has 6 rings (SSSR count). The Labute approximate surface area is 234 Å². The van der Waals surface area contributed by atoms with Crippen LogP contribution in [0.25, 0.3) is 21.8 Å². The summed E-state index contributed by atoms with van der Waals surface area (Å²) in [7, 11) is 0. The van der Waals surface area contributed by atoms with Gasteiger partial charge in [-0.3, -0.25) is 9.59 Å². The number of primary amides is 1. The lowest BCUT2D eigenvalue weighted by molar-refractivity contribution is -0.128. The van der Waals surface area contributed by atoms with Crippen molar-refractivity contribution in [3.63, 3.8) is 0 Å². The second-order valence-corrected chi connectivity index (χ2v) is 12.7. The number of hydrogen-bond acceptors (Lipinski definition) is 5. The number of nitrogens with zero attached hydrogens (tertiary/aromatic N) is 2. The number of carbonyl (C=O) groups is 3. The van der Waals surface area contributed by atoms with Crippen molar-refractivity contribution in [1.29, 1.82) is 0 Å². The minimum absolute atomic E-state index is 0.154. The largest absolute Gasteiger partial charge is 0.444 e. The molecule has 3 amide bonds. The number of H-pyrrole nitrogens is 1. The number of carbonyl (C=O) groups excluding carboxylic acids is 3. The number of aromatic nitrogens is 1. The number of nitrogens with one attached hydrogen (secondary N) is 2. The minimum atomic E-state index is -0.509. The van der Waals surface area contributed by atoms with Crippen molar-refractivity contribution in [1.82, 2.24) is 15.2 Å². The van der Waals surface area contributed by atoms with E-state index in [4.69, 9.17) is 10.5 Å². The molecule has 9 nitrogen and oxygen atoms in total. The van der Waals surface area contributed by atoms with Crippen molar-refractivity contribution in [2.24, 2.45) is 11.1 Å². The van der Waals surface area contributed by atoms with Gasteiger partial charge in [0.05, 0.1) is 16.5 Å². The van der Waals surface area contributed by atoms with Crippen LogP contribution in [0.4, 0.5) is 10.5 Å². The van der Waals surface area contributed by atoms with Crippen LogP contribution in [0.2, 0.25) is 0 Å². The van der Waals surface area contributed by atoms with Gasteiger partial charge in [0, 0.05) is 54.7 Å². The van der Waals surface area contributed by atoms with Crippen LogP contribution in [0.3, 0.4) is 0 Å². The van der Waals surface area contributed by atoms with Gasteiger partial charge >= 0.3 is 6.09 Å². The molecule has 1 spiro atoms. The molecule has 4 heterocycles. The summed E-state index contributed by atoms with van der Waals surface area (Å²) in [6, 6.07) is 10.3. The third-order valence-electron chi connectivity index (χ3n) is 8.93. The van der Waals surface area contributed by atoms with Gasteiger partial charge in [-0.05, 0) is 88.6 Å². The Morgan fingerprint density at radius 2 is 1.85 bits per heavy atom. The number of piperidine rings is 2. The summed E-state index contributed by atoms with van der Waals surface area (Å²) in [5.41, 5.74) is 9.34.